The molecule has 0 radical (unpaired) electrons. The average Bonchev–Trinajstić information content (AvgIpc) is 3.63. The van der Waals surface area contributed by atoms with Crippen LogP contribution >= 0.6 is 11.8 Å². The van der Waals surface area contributed by atoms with E-state index in [1.807, 2.05) is 47.0 Å². The van der Waals surface area contributed by atoms with E-state index in [4.69, 9.17) is 18.9 Å². The van der Waals surface area contributed by atoms with Crippen molar-refractivity contribution in [3.05, 3.63) is 48.0 Å². The van der Waals surface area contributed by atoms with Crippen molar-refractivity contribution in [3.63, 3.8) is 0 Å². The minimum Gasteiger partial charge on any atom is -0.497 e. The van der Waals surface area contributed by atoms with Crippen LogP contribution in [0.2, 0.25) is 0 Å². The number of hydrogen-bond donors (Lipinski definition) is 1. The molecular formula is C24H26N4O5S. The van der Waals surface area contributed by atoms with Crippen LogP contribution in [0.1, 0.15) is 18.4 Å². The van der Waals surface area contributed by atoms with Gasteiger partial charge in [0.05, 0.1) is 25.5 Å². The molecule has 2 aliphatic heterocycles. The number of ether oxygens (including phenoxy) is 4. The Morgan fingerprint density at radius 2 is 2.03 bits per heavy atom. The zero-order valence-corrected chi connectivity index (χ0v) is 19.7. The summed E-state index contributed by atoms with van der Waals surface area (Å²) in [5.74, 6) is 3.11. The lowest BCUT2D eigenvalue weighted by molar-refractivity contribution is -0.118. The first-order valence-electron chi connectivity index (χ1n) is 11.2. The smallest absolute Gasteiger partial charge is 0.231 e. The van der Waals surface area contributed by atoms with Crippen LogP contribution < -0.4 is 19.5 Å². The number of thioether (sulfide) groups is 1. The van der Waals surface area contributed by atoms with Gasteiger partial charge in [0.15, 0.2) is 22.5 Å². The van der Waals surface area contributed by atoms with E-state index < -0.39 is 0 Å². The Bertz CT molecular complexity index is 1140. The third-order valence-corrected chi connectivity index (χ3v) is 6.70. The van der Waals surface area contributed by atoms with Gasteiger partial charge in [-0.1, -0.05) is 17.8 Å². The Labute approximate surface area is 201 Å². The van der Waals surface area contributed by atoms with Crippen molar-refractivity contribution in [2.24, 2.45) is 0 Å². The zero-order valence-electron chi connectivity index (χ0n) is 18.9. The number of nitrogens with zero attached hydrogens (tertiary/aromatic N) is 3. The fourth-order valence-corrected chi connectivity index (χ4v) is 4.72. The number of hydrogen-bond acceptors (Lipinski definition) is 8. The van der Waals surface area contributed by atoms with E-state index >= 15 is 0 Å². The number of carbonyl (C=O) groups excluding carboxylic acids is 1. The van der Waals surface area contributed by atoms with Crippen LogP contribution in [-0.4, -0.2) is 53.0 Å². The first-order valence-corrected chi connectivity index (χ1v) is 12.2. The summed E-state index contributed by atoms with van der Waals surface area (Å²) in [6.45, 7) is 2.06. The molecule has 3 heterocycles. The van der Waals surface area contributed by atoms with Crippen LogP contribution in [0.15, 0.2) is 47.6 Å². The Morgan fingerprint density at radius 3 is 2.82 bits per heavy atom. The van der Waals surface area contributed by atoms with Crippen molar-refractivity contribution >= 4 is 17.7 Å². The van der Waals surface area contributed by atoms with Gasteiger partial charge in [0.2, 0.25) is 12.7 Å². The molecular weight excluding hydrogens is 456 g/mol. The van der Waals surface area contributed by atoms with E-state index in [1.54, 1.807) is 7.11 Å². The predicted octanol–water partition coefficient (Wildman–Crippen LogP) is 3.27. The molecule has 0 unspecified atom stereocenters. The second-order valence-electron chi connectivity index (χ2n) is 8.03. The Kier molecular flexibility index (Phi) is 6.87. The fourth-order valence-electron chi connectivity index (χ4n) is 3.94. The van der Waals surface area contributed by atoms with Crippen LogP contribution in [0.25, 0.3) is 11.4 Å². The van der Waals surface area contributed by atoms with Crippen molar-refractivity contribution < 1.29 is 23.7 Å². The summed E-state index contributed by atoms with van der Waals surface area (Å²) in [5, 5.41) is 12.5. The third-order valence-electron chi connectivity index (χ3n) is 5.73. The molecule has 1 N–H and O–H groups in total. The van der Waals surface area contributed by atoms with Gasteiger partial charge in [0, 0.05) is 18.7 Å². The molecule has 2 aliphatic rings. The first kappa shape index (κ1) is 22.5. The summed E-state index contributed by atoms with van der Waals surface area (Å²) in [6, 6.07) is 13.4. The topological polar surface area (TPSA) is 96.7 Å². The van der Waals surface area contributed by atoms with E-state index in [2.05, 4.69) is 15.5 Å². The molecule has 5 rings (SSSR count). The minimum atomic E-state index is -0.0830. The van der Waals surface area contributed by atoms with Gasteiger partial charge in [-0.2, -0.15) is 0 Å². The van der Waals surface area contributed by atoms with Crippen LogP contribution in [0, 0.1) is 0 Å². The number of benzene rings is 2. The number of fused-ring (bicyclic) bond motifs is 1. The lowest BCUT2D eigenvalue weighted by Crippen LogP contribution is -2.25. The molecule has 1 saturated heterocycles. The predicted molar refractivity (Wildman–Crippen MR) is 126 cm³/mol. The molecule has 9 nitrogen and oxygen atoms in total. The molecule has 0 bridgehead atoms. The van der Waals surface area contributed by atoms with E-state index in [1.165, 1.54) is 11.8 Å². The molecule has 0 spiro atoms. The minimum absolute atomic E-state index is 0.0830. The van der Waals surface area contributed by atoms with Crippen molar-refractivity contribution in [1.82, 2.24) is 20.1 Å². The third kappa shape index (κ3) is 5.13. The number of aromatic nitrogens is 3. The molecule has 1 atom stereocenters. The molecule has 34 heavy (non-hydrogen) atoms. The molecule has 2 aromatic carbocycles. The summed E-state index contributed by atoms with van der Waals surface area (Å²) in [6.07, 6.45) is 2.17. The summed E-state index contributed by atoms with van der Waals surface area (Å²) in [5.41, 5.74) is 1.89. The molecule has 1 fully saturated rings. The van der Waals surface area contributed by atoms with Gasteiger partial charge in [-0.05, 0) is 54.8 Å². The normalized spacial score (nSPS) is 16.6. The fraction of sp³-hybridized carbons (Fsp3) is 0.375. The van der Waals surface area contributed by atoms with Crippen LogP contribution in [0.4, 0.5) is 0 Å². The Morgan fingerprint density at radius 1 is 1.18 bits per heavy atom. The maximum Gasteiger partial charge on any atom is 0.231 e. The average molecular weight is 483 g/mol. The first-order chi connectivity index (χ1) is 16.7. The van der Waals surface area contributed by atoms with Crippen LogP contribution in [-0.2, 0) is 22.6 Å². The molecule has 10 heteroatoms. The second kappa shape index (κ2) is 10.4. The molecule has 1 aromatic heterocycles. The van der Waals surface area contributed by atoms with Crippen molar-refractivity contribution in [3.8, 4) is 28.6 Å². The Balaban J connectivity index is 1.24. The van der Waals surface area contributed by atoms with Crippen molar-refractivity contribution in [2.45, 2.75) is 37.2 Å². The molecule has 3 aromatic rings. The number of methoxy groups -OCH3 is 1. The Hall–Kier alpha value is -3.24. The van der Waals surface area contributed by atoms with Gasteiger partial charge in [0.25, 0.3) is 0 Å². The monoisotopic (exact) mass is 482 g/mol. The van der Waals surface area contributed by atoms with Crippen molar-refractivity contribution in [2.75, 3.05) is 26.3 Å². The number of rotatable bonds is 9. The maximum atomic E-state index is 12.5. The van der Waals surface area contributed by atoms with Gasteiger partial charge < -0.3 is 24.3 Å². The number of nitrogens with one attached hydrogen (secondary N) is 1. The highest BCUT2D eigenvalue weighted by molar-refractivity contribution is 7.99. The summed E-state index contributed by atoms with van der Waals surface area (Å²) in [7, 11) is 1.64. The van der Waals surface area contributed by atoms with E-state index in [0.717, 1.165) is 47.9 Å². The van der Waals surface area contributed by atoms with E-state index in [9.17, 15) is 4.79 Å². The van der Waals surface area contributed by atoms with E-state index in [-0.39, 0.29) is 24.6 Å². The number of carbonyl (C=O) groups is 1. The molecule has 178 valence electrons. The van der Waals surface area contributed by atoms with Gasteiger partial charge in [-0.15, -0.1) is 10.2 Å². The molecule has 0 saturated carbocycles. The highest BCUT2D eigenvalue weighted by atomic mass is 32.2. The van der Waals surface area contributed by atoms with Gasteiger partial charge >= 0.3 is 0 Å². The van der Waals surface area contributed by atoms with Gasteiger partial charge in [-0.25, -0.2) is 0 Å². The second-order valence-corrected chi connectivity index (χ2v) is 8.98. The van der Waals surface area contributed by atoms with E-state index in [0.29, 0.717) is 24.0 Å². The maximum absolute atomic E-state index is 12.5. The standard InChI is InChI=1S/C24H26N4O5S/c1-30-18-7-5-17(6-8-18)23-26-27-24(28(23)13-19-3-2-10-31-19)34-14-22(29)25-12-16-4-9-20-21(11-16)33-15-32-20/h4-9,11,19H,2-3,10,12-15H2,1H3,(H,25,29)/t19-/m0/s1. The summed E-state index contributed by atoms with van der Waals surface area (Å²) >= 11 is 1.37. The SMILES string of the molecule is COc1ccc(-c2nnc(SCC(=O)NCc3ccc4c(c3)OCO4)n2C[C@@H]2CCCO2)cc1. The summed E-state index contributed by atoms with van der Waals surface area (Å²) < 4.78 is 23.9. The largest absolute Gasteiger partial charge is 0.497 e. The molecule has 0 aliphatic carbocycles. The molecule has 1 amide bonds. The zero-order chi connectivity index (χ0) is 23.3. The van der Waals surface area contributed by atoms with Crippen LogP contribution in [0.3, 0.4) is 0 Å². The van der Waals surface area contributed by atoms with Gasteiger partial charge in [0.1, 0.15) is 5.75 Å². The van der Waals surface area contributed by atoms with Crippen molar-refractivity contribution in [1.29, 1.82) is 0 Å². The van der Waals surface area contributed by atoms with Gasteiger partial charge in [-0.3, -0.25) is 9.36 Å². The summed E-state index contributed by atoms with van der Waals surface area (Å²) in [4.78, 5) is 12.5. The highest BCUT2D eigenvalue weighted by Crippen LogP contribution is 2.32. The number of amides is 1. The lowest BCUT2D eigenvalue weighted by Gasteiger charge is -2.15. The highest BCUT2D eigenvalue weighted by Gasteiger charge is 2.22. The quantitative estimate of drug-likeness (QED) is 0.464. The van der Waals surface area contributed by atoms with Crippen LogP contribution in [0.5, 0.6) is 17.2 Å². The lowest BCUT2D eigenvalue weighted by atomic mass is 10.2.